The van der Waals surface area contributed by atoms with Gasteiger partial charge in [0, 0.05) is 20.2 Å². The van der Waals surface area contributed by atoms with Gasteiger partial charge in [-0.25, -0.2) is 0 Å². The maximum absolute atomic E-state index is 2.53. The predicted molar refractivity (Wildman–Crippen MR) is 147 cm³/mol. The van der Waals surface area contributed by atoms with Crippen LogP contribution in [0, 0.1) is 0 Å². The highest BCUT2D eigenvalue weighted by Gasteiger charge is 2.31. The van der Waals surface area contributed by atoms with E-state index in [0.717, 1.165) is 0 Å². The Labute approximate surface area is 192 Å². The lowest BCUT2D eigenvalue weighted by Gasteiger charge is -2.26. The van der Waals surface area contributed by atoms with Crippen LogP contribution in [0.1, 0.15) is 20.8 Å². The predicted octanol–water partition coefficient (Wildman–Crippen LogP) is 9.29. The topological polar surface area (TPSA) is 0 Å². The first-order valence-electron chi connectivity index (χ1n) is 11.4. The van der Waals surface area contributed by atoms with E-state index in [1.807, 2.05) is 11.3 Å². The third kappa shape index (κ3) is 2.70. The average molecular weight is 455 g/mol. The van der Waals surface area contributed by atoms with Crippen LogP contribution in [0.25, 0.3) is 52.5 Å². The lowest BCUT2D eigenvalue weighted by molar-refractivity contribution is 1.20. The van der Waals surface area contributed by atoms with Crippen LogP contribution in [0.2, 0.25) is 18.1 Å². The standard InChI is InChI=1S/C28H26S2Si/c1-4-31(5-2,6-3)26-17-19-8-10-23-21-11-13-24-22(9-7-18-15-16-29-27(18)24)20(21)12-14-25(23)28(19)30-26/h7-17H,4-6H2,1-3H3. The zero-order valence-corrected chi connectivity index (χ0v) is 20.9. The second-order valence-electron chi connectivity index (χ2n) is 8.76. The third-order valence-electron chi connectivity index (χ3n) is 7.64. The van der Waals surface area contributed by atoms with Crippen molar-refractivity contribution in [2.24, 2.45) is 0 Å². The molecule has 0 aliphatic carbocycles. The van der Waals surface area contributed by atoms with Gasteiger partial charge in [-0.15, -0.1) is 22.7 Å². The van der Waals surface area contributed by atoms with E-state index >= 15 is 0 Å². The zero-order valence-electron chi connectivity index (χ0n) is 18.3. The first-order valence-corrected chi connectivity index (χ1v) is 15.7. The van der Waals surface area contributed by atoms with Crippen LogP contribution in [0.15, 0.2) is 66.0 Å². The third-order valence-corrected chi connectivity index (χ3v) is 16.5. The number of hydrogen-bond donors (Lipinski definition) is 0. The zero-order chi connectivity index (χ0) is 21.2. The minimum atomic E-state index is -1.35. The fourth-order valence-corrected chi connectivity index (χ4v) is 12.8. The van der Waals surface area contributed by atoms with E-state index in [1.54, 1.807) is 4.50 Å². The smallest absolute Gasteiger partial charge is 0.0987 e. The van der Waals surface area contributed by atoms with Crippen LogP contribution >= 0.6 is 22.7 Å². The van der Waals surface area contributed by atoms with Crippen molar-refractivity contribution in [3.63, 3.8) is 0 Å². The van der Waals surface area contributed by atoms with Gasteiger partial charge in [-0.3, -0.25) is 0 Å². The largest absolute Gasteiger partial charge is 0.144 e. The van der Waals surface area contributed by atoms with E-state index < -0.39 is 8.07 Å². The van der Waals surface area contributed by atoms with E-state index in [9.17, 15) is 0 Å². The van der Waals surface area contributed by atoms with E-state index in [2.05, 4.69) is 98.2 Å². The Bertz CT molecular complexity index is 1590. The molecule has 0 N–H and O–H groups in total. The summed E-state index contributed by atoms with van der Waals surface area (Å²) >= 11 is 3.93. The van der Waals surface area contributed by atoms with Crippen LogP contribution in [0.5, 0.6) is 0 Å². The number of rotatable bonds is 4. The van der Waals surface area contributed by atoms with Crippen LogP contribution in [0.3, 0.4) is 0 Å². The van der Waals surface area contributed by atoms with E-state index in [1.165, 1.54) is 70.6 Å². The van der Waals surface area contributed by atoms with E-state index in [-0.39, 0.29) is 0 Å². The monoisotopic (exact) mass is 454 g/mol. The van der Waals surface area contributed by atoms with Crippen molar-refractivity contribution in [3.05, 3.63) is 66.0 Å². The van der Waals surface area contributed by atoms with Gasteiger partial charge in [-0.05, 0) is 54.3 Å². The lowest BCUT2D eigenvalue weighted by atomic mass is 9.96. The molecule has 0 spiro atoms. The fraction of sp³-hybridized carbons (Fsp3) is 0.214. The highest BCUT2D eigenvalue weighted by Crippen LogP contribution is 2.39. The van der Waals surface area contributed by atoms with Gasteiger partial charge in [0.2, 0.25) is 0 Å². The summed E-state index contributed by atoms with van der Waals surface area (Å²) in [5, 5.41) is 13.3. The summed E-state index contributed by atoms with van der Waals surface area (Å²) in [6, 6.07) is 27.5. The molecular weight excluding hydrogens is 429 g/mol. The highest BCUT2D eigenvalue weighted by atomic mass is 32.1. The van der Waals surface area contributed by atoms with Crippen molar-refractivity contribution in [3.8, 4) is 0 Å². The molecule has 6 aromatic rings. The van der Waals surface area contributed by atoms with Gasteiger partial charge < -0.3 is 0 Å². The summed E-state index contributed by atoms with van der Waals surface area (Å²) in [4.78, 5) is 0. The molecule has 2 aromatic heterocycles. The normalized spacial score (nSPS) is 12.7. The molecule has 0 amide bonds. The van der Waals surface area contributed by atoms with Gasteiger partial charge in [0.05, 0.1) is 8.07 Å². The minimum absolute atomic E-state index is 1.34. The van der Waals surface area contributed by atoms with Crippen molar-refractivity contribution in [1.29, 1.82) is 0 Å². The number of benzene rings is 4. The summed E-state index contributed by atoms with van der Waals surface area (Å²) in [6.45, 7) is 7.22. The Kier molecular flexibility index (Phi) is 4.50. The molecule has 0 saturated carbocycles. The highest BCUT2D eigenvalue weighted by molar-refractivity contribution is 7.32. The molecule has 0 atom stereocenters. The second kappa shape index (κ2) is 7.16. The molecule has 0 fully saturated rings. The Morgan fingerprint density at radius 2 is 1.10 bits per heavy atom. The Balaban J connectivity index is 1.66. The van der Waals surface area contributed by atoms with Crippen molar-refractivity contribution in [2.75, 3.05) is 0 Å². The SMILES string of the molecule is CC[Si](CC)(CC)c1cc2ccc3c4ccc5c(ccc6ccsc65)c4ccc3c2s1. The molecule has 0 bridgehead atoms. The lowest BCUT2D eigenvalue weighted by Crippen LogP contribution is -2.43. The maximum Gasteiger partial charge on any atom is 0.0987 e. The summed E-state index contributed by atoms with van der Waals surface area (Å²) < 4.78 is 4.58. The molecule has 0 unspecified atom stereocenters. The van der Waals surface area contributed by atoms with E-state index in [4.69, 9.17) is 0 Å². The van der Waals surface area contributed by atoms with Gasteiger partial charge in [0.15, 0.2) is 0 Å². The Hall–Kier alpha value is -2.20. The van der Waals surface area contributed by atoms with Crippen LogP contribution in [0.4, 0.5) is 0 Å². The summed E-state index contributed by atoms with van der Waals surface area (Å²) in [6.07, 6.45) is 0. The minimum Gasteiger partial charge on any atom is -0.144 e. The van der Waals surface area contributed by atoms with Gasteiger partial charge in [0.25, 0.3) is 0 Å². The van der Waals surface area contributed by atoms with Gasteiger partial charge >= 0.3 is 0 Å². The van der Waals surface area contributed by atoms with Crippen molar-refractivity contribution < 1.29 is 0 Å². The van der Waals surface area contributed by atoms with Crippen molar-refractivity contribution in [2.45, 2.75) is 38.9 Å². The van der Waals surface area contributed by atoms with Crippen LogP contribution < -0.4 is 4.50 Å². The Morgan fingerprint density at radius 3 is 1.74 bits per heavy atom. The molecule has 0 radical (unpaired) electrons. The quantitative estimate of drug-likeness (QED) is 0.184. The molecule has 0 nitrogen and oxygen atoms in total. The Morgan fingerprint density at radius 1 is 0.581 bits per heavy atom. The van der Waals surface area contributed by atoms with Gasteiger partial charge in [-0.2, -0.15) is 0 Å². The first kappa shape index (κ1) is 19.5. The first-order chi connectivity index (χ1) is 15.2. The van der Waals surface area contributed by atoms with Crippen LogP contribution in [-0.4, -0.2) is 8.07 Å². The summed E-state index contributed by atoms with van der Waals surface area (Å²) in [5.74, 6) is 0. The molecule has 2 heterocycles. The van der Waals surface area contributed by atoms with Crippen LogP contribution in [-0.2, 0) is 0 Å². The fourth-order valence-electron chi connectivity index (χ4n) is 5.50. The summed E-state index contributed by atoms with van der Waals surface area (Å²) in [7, 11) is -1.35. The van der Waals surface area contributed by atoms with Gasteiger partial charge in [-0.1, -0.05) is 87.4 Å². The van der Waals surface area contributed by atoms with Gasteiger partial charge in [0.1, 0.15) is 0 Å². The average Bonchev–Trinajstić information content (AvgIpc) is 3.47. The number of fused-ring (bicyclic) bond motifs is 9. The molecule has 31 heavy (non-hydrogen) atoms. The molecule has 0 aliphatic rings. The molecule has 0 aliphatic heterocycles. The van der Waals surface area contributed by atoms with Crippen molar-refractivity contribution >= 4 is 87.7 Å². The number of hydrogen-bond acceptors (Lipinski definition) is 2. The van der Waals surface area contributed by atoms with Crippen molar-refractivity contribution in [1.82, 2.24) is 0 Å². The molecule has 154 valence electrons. The number of thiophene rings is 2. The molecule has 3 heteroatoms. The molecular formula is C28H26S2Si. The van der Waals surface area contributed by atoms with E-state index in [0.29, 0.717) is 0 Å². The second-order valence-corrected chi connectivity index (χ2v) is 16.3. The summed E-state index contributed by atoms with van der Waals surface area (Å²) in [5.41, 5.74) is 0. The molecule has 6 rings (SSSR count). The molecule has 4 aromatic carbocycles. The molecule has 0 saturated heterocycles. The maximum atomic E-state index is 2.53.